The number of halogens is 2. The number of benzene rings is 2. The Bertz CT molecular complexity index is 1290. The number of aliphatic carboxylic acids is 1. The first-order valence-corrected chi connectivity index (χ1v) is 12.4. The molecule has 1 amide bonds. The molecule has 1 aliphatic rings. The lowest BCUT2D eigenvalue weighted by Gasteiger charge is -2.29. The molecular formula is C28H35BrFN3O6. The zero-order valence-electron chi connectivity index (χ0n) is 23.0. The third-order valence-electron chi connectivity index (χ3n) is 6.20. The summed E-state index contributed by atoms with van der Waals surface area (Å²) >= 11 is 0. The highest BCUT2D eigenvalue weighted by Gasteiger charge is 2.33. The molecule has 2 aromatic rings. The summed E-state index contributed by atoms with van der Waals surface area (Å²) in [5.74, 6) is -2.48. The smallest absolute Gasteiger partial charge is 0.323 e. The number of carbonyl (C=O) groups is 3. The molecule has 0 unspecified atom stereocenters. The summed E-state index contributed by atoms with van der Waals surface area (Å²) in [4.78, 5) is 39.6. The number of carboxylic acids is 1. The summed E-state index contributed by atoms with van der Waals surface area (Å²) in [6.07, 6.45) is 0. The van der Waals surface area contributed by atoms with Crippen LogP contribution in [0.5, 0.6) is 11.5 Å². The lowest BCUT2D eigenvalue weighted by atomic mass is 9.84. The van der Waals surface area contributed by atoms with E-state index in [1.807, 2.05) is 20.8 Å². The van der Waals surface area contributed by atoms with Crippen LogP contribution in [0.3, 0.4) is 0 Å². The van der Waals surface area contributed by atoms with E-state index in [1.165, 1.54) is 16.7 Å². The average Bonchev–Trinajstić information content (AvgIpc) is 3.13. The number of carboxylic acid groups (broad SMARTS) is 1. The zero-order valence-corrected chi connectivity index (χ0v) is 24.7. The molecule has 11 heteroatoms. The van der Waals surface area contributed by atoms with Gasteiger partial charge in [0, 0.05) is 24.7 Å². The fourth-order valence-corrected chi connectivity index (χ4v) is 4.47. The van der Waals surface area contributed by atoms with Crippen LogP contribution in [0.15, 0.2) is 24.3 Å². The van der Waals surface area contributed by atoms with Gasteiger partial charge in [-0.3, -0.25) is 19.8 Å². The van der Waals surface area contributed by atoms with E-state index in [2.05, 4.69) is 0 Å². The normalized spacial score (nSPS) is 12.5. The van der Waals surface area contributed by atoms with E-state index in [0.29, 0.717) is 29.0 Å². The van der Waals surface area contributed by atoms with Gasteiger partial charge < -0.3 is 24.4 Å². The summed E-state index contributed by atoms with van der Waals surface area (Å²) in [7, 11) is 0. The van der Waals surface area contributed by atoms with Gasteiger partial charge in [-0.2, -0.15) is 0 Å². The molecule has 0 saturated carbocycles. The Balaban J connectivity index is 0.00000533. The third-order valence-corrected chi connectivity index (χ3v) is 6.20. The fourth-order valence-electron chi connectivity index (χ4n) is 4.47. The Hall–Kier alpha value is -3.47. The predicted molar refractivity (Wildman–Crippen MR) is 151 cm³/mol. The van der Waals surface area contributed by atoms with Crippen LogP contribution in [0.1, 0.15) is 68.6 Å². The monoisotopic (exact) mass is 607 g/mol. The highest BCUT2D eigenvalue weighted by molar-refractivity contribution is 8.93. The van der Waals surface area contributed by atoms with Gasteiger partial charge in [0.15, 0.2) is 23.1 Å². The number of carbonyl (C=O) groups excluding carboxylic acids is 2. The highest BCUT2D eigenvalue weighted by atomic mass is 79.9. The van der Waals surface area contributed by atoms with E-state index >= 15 is 4.39 Å². The lowest BCUT2D eigenvalue weighted by molar-refractivity contribution is -0.136. The fraction of sp³-hybridized carbons (Fsp3) is 0.429. The molecule has 0 aliphatic carbocycles. The molecule has 0 radical (unpaired) electrons. The van der Waals surface area contributed by atoms with Gasteiger partial charge >= 0.3 is 5.97 Å². The Morgan fingerprint density at radius 3 is 2.31 bits per heavy atom. The van der Waals surface area contributed by atoms with Crippen LogP contribution in [0.25, 0.3) is 0 Å². The van der Waals surface area contributed by atoms with Crippen molar-refractivity contribution < 1.29 is 33.4 Å². The quantitative estimate of drug-likeness (QED) is 0.366. The number of rotatable bonds is 10. The molecule has 1 heterocycles. The van der Waals surface area contributed by atoms with E-state index in [4.69, 9.17) is 14.9 Å². The molecule has 1 aliphatic heterocycles. The van der Waals surface area contributed by atoms with E-state index in [1.54, 1.807) is 38.1 Å². The van der Waals surface area contributed by atoms with Gasteiger partial charge in [0.25, 0.3) is 0 Å². The molecular weight excluding hydrogens is 573 g/mol. The number of hydrogen-bond acceptors (Lipinski definition) is 6. The van der Waals surface area contributed by atoms with E-state index in [9.17, 15) is 19.5 Å². The van der Waals surface area contributed by atoms with Crippen LogP contribution in [-0.4, -0.2) is 59.8 Å². The highest BCUT2D eigenvalue weighted by Crippen LogP contribution is 2.39. The van der Waals surface area contributed by atoms with Crippen LogP contribution in [-0.2, 0) is 21.5 Å². The maximum Gasteiger partial charge on any atom is 0.323 e. The maximum absolute atomic E-state index is 15.4. The van der Waals surface area contributed by atoms with Gasteiger partial charge in [0.1, 0.15) is 12.4 Å². The number of ether oxygens (including phenoxy) is 2. The van der Waals surface area contributed by atoms with Crippen molar-refractivity contribution in [3.8, 4) is 11.5 Å². The van der Waals surface area contributed by atoms with Crippen molar-refractivity contribution >= 4 is 46.2 Å². The number of amides is 1. The second-order valence-corrected chi connectivity index (χ2v) is 10.0. The first-order valence-electron chi connectivity index (χ1n) is 12.4. The molecule has 3 rings (SSSR count). The van der Waals surface area contributed by atoms with Crippen molar-refractivity contribution in [3.05, 3.63) is 52.3 Å². The number of nitrogens with zero attached hydrogens (tertiary/aromatic N) is 2. The number of ketones is 1. The van der Waals surface area contributed by atoms with Crippen molar-refractivity contribution in [2.75, 3.05) is 31.2 Å². The first kappa shape index (κ1) is 31.7. The van der Waals surface area contributed by atoms with Crippen molar-refractivity contribution in [3.63, 3.8) is 0 Å². The van der Waals surface area contributed by atoms with E-state index in [-0.39, 0.29) is 65.4 Å². The SMILES string of the molecule is Br.CCOc1cc2c(c(F)c1OCC)C(=N)N(CC(=O)c1ccc(N(CC(=O)O)C(C)=O)c(C(C)(C)C)c1)C2. The summed E-state index contributed by atoms with van der Waals surface area (Å²) in [5.41, 5.74) is 1.49. The average molecular weight is 609 g/mol. The minimum Gasteiger partial charge on any atom is -0.490 e. The molecule has 212 valence electrons. The van der Waals surface area contributed by atoms with Crippen molar-refractivity contribution in [1.29, 1.82) is 5.41 Å². The Morgan fingerprint density at radius 2 is 1.77 bits per heavy atom. The molecule has 0 atom stereocenters. The van der Waals surface area contributed by atoms with E-state index < -0.39 is 29.7 Å². The first-order chi connectivity index (χ1) is 17.8. The van der Waals surface area contributed by atoms with Crippen LogP contribution >= 0.6 is 17.0 Å². The molecule has 9 nitrogen and oxygen atoms in total. The predicted octanol–water partition coefficient (Wildman–Crippen LogP) is 4.96. The molecule has 39 heavy (non-hydrogen) atoms. The van der Waals surface area contributed by atoms with Crippen molar-refractivity contribution in [2.24, 2.45) is 0 Å². The number of hydrogen-bond donors (Lipinski definition) is 2. The summed E-state index contributed by atoms with van der Waals surface area (Å²) in [5, 5.41) is 17.9. The number of anilines is 1. The topological polar surface area (TPSA) is 120 Å². The second kappa shape index (κ2) is 12.6. The van der Waals surface area contributed by atoms with Gasteiger partial charge in [-0.25, -0.2) is 4.39 Å². The number of fused-ring (bicyclic) bond motifs is 1. The van der Waals surface area contributed by atoms with Gasteiger partial charge in [-0.05, 0) is 54.7 Å². The van der Waals surface area contributed by atoms with Crippen LogP contribution in [0.4, 0.5) is 10.1 Å². The molecule has 2 aromatic carbocycles. The third kappa shape index (κ3) is 6.76. The molecule has 2 N–H and O–H groups in total. The van der Waals surface area contributed by atoms with Crippen LogP contribution in [0, 0.1) is 11.2 Å². The van der Waals surface area contributed by atoms with Crippen LogP contribution < -0.4 is 14.4 Å². The Kier molecular flexibility index (Phi) is 10.2. The lowest BCUT2D eigenvalue weighted by Crippen LogP contribution is -2.36. The zero-order chi connectivity index (χ0) is 28.4. The van der Waals surface area contributed by atoms with Crippen LogP contribution in [0.2, 0.25) is 0 Å². The molecule has 0 bridgehead atoms. The maximum atomic E-state index is 15.4. The number of amidine groups is 1. The van der Waals surface area contributed by atoms with Gasteiger partial charge in [-0.1, -0.05) is 20.8 Å². The summed E-state index contributed by atoms with van der Waals surface area (Å²) < 4.78 is 26.4. The summed E-state index contributed by atoms with van der Waals surface area (Å²) in [6.45, 7) is 10.5. The minimum atomic E-state index is -1.15. The largest absolute Gasteiger partial charge is 0.490 e. The molecule has 0 saturated heterocycles. The van der Waals surface area contributed by atoms with Gasteiger partial charge in [0.2, 0.25) is 5.91 Å². The van der Waals surface area contributed by atoms with Gasteiger partial charge in [0.05, 0.1) is 25.3 Å². The van der Waals surface area contributed by atoms with E-state index in [0.717, 1.165) is 0 Å². The molecule has 0 aromatic heterocycles. The Labute approximate surface area is 238 Å². The Morgan fingerprint density at radius 1 is 1.13 bits per heavy atom. The molecule has 0 fully saturated rings. The van der Waals surface area contributed by atoms with Gasteiger partial charge in [-0.15, -0.1) is 17.0 Å². The van der Waals surface area contributed by atoms with Crippen molar-refractivity contribution in [1.82, 2.24) is 4.90 Å². The second-order valence-electron chi connectivity index (χ2n) is 10.0. The van der Waals surface area contributed by atoms with Crippen molar-refractivity contribution in [2.45, 2.75) is 53.5 Å². The standard InChI is InChI=1S/C28H34FN3O6.BrH/c1-7-37-22-12-18-13-31(27(30)24(18)25(29)26(22)38-8-2)14-21(34)17-9-10-20(19(11-17)28(4,5)6)32(16(3)33)15-23(35)36;/h9-12,30H,7-8,13-15H2,1-6H3,(H,35,36);1H. The molecule has 0 spiro atoms. The summed E-state index contributed by atoms with van der Waals surface area (Å²) in [6, 6.07) is 6.42. The minimum absolute atomic E-state index is 0. The number of nitrogens with one attached hydrogen (secondary N) is 1. The number of Topliss-reactive ketones (excluding diaryl/α,β-unsaturated/α-hetero) is 1.